The minimum absolute atomic E-state index is 0.0174. The van der Waals surface area contributed by atoms with E-state index in [1.165, 1.54) is 32.1 Å². The summed E-state index contributed by atoms with van der Waals surface area (Å²) in [5.41, 5.74) is -0.572. The van der Waals surface area contributed by atoms with E-state index in [-0.39, 0.29) is 18.0 Å². The fourth-order valence-electron chi connectivity index (χ4n) is 1.79. The average molecular weight is 284 g/mol. The number of rotatable bonds is 6. The summed E-state index contributed by atoms with van der Waals surface area (Å²) < 4.78 is 16.1. The number of carbonyl (C=O) groups excluding carboxylic acids is 1. The number of nitrogens with zero attached hydrogens (tertiary/aromatic N) is 2. The van der Waals surface area contributed by atoms with E-state index in [1.54, 1.807) is 0 Å². The molecule has 0 bridgehead atoms. The van der Waals surface area contributed by atoms with E-state index < -0.39 is 17.8 Å². The maximum atomic E-state index is 12.4. The minimum atomic E-state index is -0.710. The minimum Gasteiger partial charge on any atom is -0.465 e. The lowest BCUT2D eigenvalue weighted by atomic mass is 10.2. The monoisotopic (exact) mass is 284 g/mol. The molecule has 0 saturated carbocycles. The number of hydrogen-bond acceptors (Lipinski definition) is 6. The number of hydrogen-bond donors (Lipinski definition) is 0. The topological polar surface area (TPSA) is 79.7 Å². The number of ether oxygens (including phenoxy) is 3. The van der Waals surface area contributed by atoms with Crippen LogP contribution in [0.1, 0.15) is 35.9 Å². The summed E-state index contributed by atoms with van der Waals surface area (Å²) in [6.07, 6.45) is 0.647. The SMILES string of the molecule is COC(=O)c1cnc(C(C)C)n(CC(OC)OC)c1=O. The second-order valence-electron chi connectivity index (χ2n) is 4.49. The van der Waals surface area contributed by atoms with Gasteiger partial charge in [0.05, 0.1) is 13.7 Å². The van der Waals surface area contributed by atoms with E-state index in [0.717, 1.165) is 0 Å². The van der Waals surface area contributed by atoms with E-state index in [4.69, 9.17) is 9.47 Å². The van der Waals surface area contributed by atoms with Crippen molar-refractivity contribution in [3.63, 3.8) is 0 Å². The Morgan fingerprint density at radius 3 is 2.35 bits per heavy atom. The van der Waals surface area contributed by atoms with Crippen molar-refractivity contribution < 1.29 is 19.0 Å². The highest BCUT2D eigenvalue weighted by Gasteiger charge is 2.20. The van der Waals surface area contributed by atoms with Crippen LogP contribution in [0.3, 0.4) is 0 Å². The standard InChI is InChI=1S/C13H20N2O5/c1-8(2)11-14-6-9(13(17)20-5)12(16)15(11)7-10(18-3)19-4/h6,8,10H,7H2,1-5H3. The normalized spacial score (nSPS) is 11.2. The van der Waals surface area contributed by atoms with Crippen molar-refractivity contribution in [1.82, 2.24) is 9.55 Å². The van der Waals surface area contributed by atoms with Crippen LogP contribution in [0.2, 0.25) is 0 Å². The first-order valence-electron chi connectivity index (χ1n) is 6.19. The third kappa shape index (κ3) is 3.43. The number of esters is 1. The second kappa shape index (κ2) is 7.16. The van der Waals surface area contributed by atoms with E-state index in [0.29, 0.717) is 5.82 Å². The summed E-state index contributed by atoms with van der Waals surface area (Å²) in [4.78, 5) is 28.1. The summed E-state index contributed by atoms with van der Waals surface area (Å²) in [5.74, 6) is -0.136. The van der Waals surface area contributed by atoms with Gasteiger partial charge in [0.1, 0.15) is 11.4 Å². The average Bonchev–Trinajstić information content (AvgIpc) is 2.44. The van der Waals surface area contributed by atoms with Crippen molar-refractivity contribution >= 4 is 5.97 Å². The van der Waals surface area contributed by atoms with Crippen LogP contribution < -0.4 is 5.56 Å². The second-order valence-corrected chi connectivity index (χ2v) is 4.49. The first kappa shape index (κ1) is 16.3. The fraction of sp³-hybridized carbons (Fsp3) is 0.615. The third-order valence-electron chi connectivity index (χ3n) is 2.86. The van der Waals surface area contributed by atoms with Crippen LogP contribution in [0.4, 0.5) is 0 Å². The molecule has 0 radical (unpaired) electrons. The van der Waals surface area contributed by atoms with Gasteiger partial charge in [0.15, 0.2) is 6.29 Å². The number of methoxy groups -OCH3 is 3. The van der Waals surface area contributed by atoms with Gasteiger partial charge in [-0.3, -0.25) is 9.36 Å². The summed E-state index contributed by atoms with van der Waals surface area (Å²) in [7, 11) is 4.17. The molecule has 0 aliphatic heterocycles. The van der Waals surface area contributed by atoms with Gasteiger partial charge in [-0.05, 0) is 0 Å². The molecule has 0 fully saturated rings. The zero-order valence-electron chi connectivity index (χ0n) is 12.4. The molecule has 1 rings (SSSR count). The molecule has 0 saturated heterocycles. The van der Waals surface area contributed by atoms with Gasteiger partial charge < -0.3 is 14.2 Å². The van der Waals surface area contributed by atoms with Gasteiger partial charge >= 0.3 is 5.97 Å². The first-order chi connectivity index (χ1) is 9.46. The van der Waals surface area contributed by atoms with E-state index in [1.807, 2.05) is 13.8 Å². The van der Waals surface area contributed by atoms with Crippen LogP contribution >= 0.6 is 0 Å². The molecule has 0 amide bonds. The molecule has 1 heterocycles. The predicted molar refractivity (Wildman–Crippen MR) is 71.7 cm³/mol. The van der Waals surface area contributed by atoms with E-state index in [2.05, 4.69) is 9.72 Å². The van der Waals surface area contributed by atoms with Crippen molar-refractivity contribution in [2.24, 2.45) is 0 Å². The number of carbonyl (C=O) groups is 1. The highest BCUT2D eigenvalue weighted by Crippen LogP contribution is 2.11. The van der Waals surface area contributed by atoms with Crippen molar-refractivity contribution in [2.45, 2.75) is 32.6 Å². The Labute approximate surface area is 117 Å². The van der Waals surface area contributed by atoms with E-state index in [9.17, 15) is 9.59 Å². The molecule has 1 aromatic heterocycles. The Balaban J connectivity index is 3.35. The molecular formula is C13H20N2O5. The summed E-state index contributed by atoms with van der Waals surface area (Å²) >= 11 is 0. The molecule has 20 heavy (non-hydrogen) atoms. The highest BCUT2D eigenvalue weighted by atomic mass is 16.7. The van der Waals surface area contributed by atoms with Crippen LogP contribution in [-0.2, 0) is 20.8 Å². The zero-order valence-corrected chi connectivity index (χ0v) is 12.4. The van der Waals surface area contributed by atoms with Crippen LogP contribution in [0, 0.1) is 0 Å². The van der Waals surface area contributed by atoms with Crippen molar-refractivity contribution in [1.29, 1.82) is 0 Å². The Morgan fingerprint density at radius 1 is 1.30 bits per heavy atom. The van der Waals surface area contributed by atoms with Crippen LogP contribution in [0.5, 0.6) is 0 Å². The predicted octanol–water partition coefficient (Wildman–Crippen LogP) is 0.772. The lowest BCUT2D eigenvalue weighted by molar-refractivity contribution is -0.111. The van der Waals surface area contributed by atoms with Crippen molar-refractivity contribution in [2.75, 3.05) is 21.3 Å². The Bertz CT molecular complexity index is 520. The van der Waals surface area contributed by atoms with Crippen LogP contribution in [0.15, 0.2) is 11.0 Å². The Morgan fingerprint density at radius 2 is 1.90 bits per heavy atom. The molecular weight excluding hydrogens is 264 g/mol. The van der Waals surface area contributed by atoms with Gasteiger partial charge in [0.25, 0.3) is 5.56 Å². The summed E-state index contributed by atoms with van der Waals surface area (Å²) in [5, 5.41) is 0. The van der Waals surface area contributed by atoms with Gasteiger partial charge in [0, 0.05) is 26.3 Å². The lowest BCUT2D eigenvalue weighted by Crippen LogP contribution is -2.35. The summed E-state index contributed by atoms with van der Waals surface area (Å²) in [6.45, 7) is 3.96. The van der Waals surface area contributed by atoms with Gasteiger partial charge in [-0.1, -0.05) is 13.8 Å². The lowest BCUT2D eigenvalue weighted by Gasteiger charge is -2.19. The zero-order chi connectivity index (χ0) is 15.3. The Hall–Kier alpha value is -1.73. The molecule has 7 heteroatoms. The smallest absolute Gasteiger partial charge is 0.345 e. The maximum Gasteiger partial charge on any atom is 0.345 e. The van der Waals surface area contributed by atoms with Gasteiger partial charge in [0.2, 0.25) is 0 Å². The third-order valence-corrected chi connectivity index (χ3v) is 2.86. The number of aromatic nitrogens is 2. The molecule has 0 atom stereocenters. The molecule has 0 spiro atoms. The summed E-state index contributed by atoms with van der Waals surface area (Å²) in [6, 6.07) is 0. The fourth-order valence-corrected chi connectivity index (χ4v) is 1.79. The van der Waals surface area contributed by atoms with E-state index >= 15 is 0 Å². The molecule has 0 unspecified atom stereocenters. The largest absolute Gasteiger partial charge is 0.465 e. The van der Waals surface area contributed by atoms with Gasteiger partial charge in [-0.15, -0.1) is 0 Å². The van der Waals surface area contributed by atoms with Gasteiger partial charge in [-0.25, -0.2) is 9.78 Å². The van der Waals surface area contributed by atoms with Crippen LogP contribution in [0.25, 0.3) is 0 Å². The van der Waals surface area contributed by atoms with Crippen LogP contribution in [-0.4, -0.2) is 43.1 Å². The van der Waals surface area contributed by atoms with Crippen molar-refractivity contribution in [3.8, 4) is 0 Å². The molecule has 1 aromatic rings. The Kier molecular flexibility index (Phi) is 5.84. The first-order valence-corrected chi connectivity index (χ1v) is 6.19. The molecule has 0 aliphatic carbocycles. The van der Waals surface area contributed by atoms with Crippen molar-refractivity contribution in [3.05, 3.63) is 27.9 Å². The molecule has 0 aromatic carbocycles. The quantitative estimate of drug-likeness (QED) is 0.567. The molecule has 0 aliphatic rings. The molecule has 7 nitrogen and oxygen atoms in total. The molecule has 0 N–H and O–H groups in total. The molecule has 112 valence electrons. The maximum absolute atomic E-state index is 12.4. The highest BCUT2D eigenvalue weighted by molar-refractivity contribution is 5.88. The van der Waals surface area contributed by atoms with Gasteiger partial charge in [-0.2, -0.15) is 0 Å².